The Bertz CT molecular complexity index is 693. The number of carbonyl (C=O) groups is 4. The van der Waals surface area contributed by atoms with Gasteiger partial charge in [0.15, 0.2) is 0 Å². The fraction of sp³-hybridized carbons (Fsp3) is 0.769. The molecule has 1 saturated carbocycles. The maximum atomic E-state index is 13.6. The maximum absolute atomic E-state index is 13.6. The molecule has 2 bridgehead atoms. The fourth-order valence-corrected chi connectivity index (χ4v) is 5.32. The van der Waals surface area contributed by atoms with Crippen LogP contribution in [0.3, 0.4) is 0 Å². The van der Waals surface area contributed by atoms with Gasteiger partial charge < -0.3 is 0 Å². The number of rotatable bonds is 6. The summed E-state index contributed by atoms with van der Waals surface area (Å²) in [7, 11) is 0. The van der Waals surface area contributed by atoms with Crippen LogP contribution in [0.25, 0.3) is 0 Å². The lowest BCUT2D eigenvalue weighted by molar-refractivity contribution is -0.160. The Morgan fingerprint density at radius 2 is 0.833 bits per heavy atom. The van der Waals surface area contributed by atoms with Crippen LogP contribution < -0.4 is 0 Å². The van der Waals surface area contributed by atoms with Crippen LogP contribution in [0.1, 0.15) is 69.2 Å². The standard InChI is InChI=1S/C26H40O4/c1-13(2)21(27)17-15-11-12-16(19(17)23(29)25(5,6)7)18(22(28)14(3)4)20(15)24(30)26(8,9)10/h11-20H,1-10H3. The zero-order valence-corrected chi connectivity index (χ0v) is 20.4. The molecule has 4 heteroatoms. The number of carbonyl (C=O) groups excluding carboxylic acids is 4. The van der Waals surface area contributed by atoms with Gasteiger partial charge in [-0.25, -0.2) is 0 Å². The Morgan fingerprint density at radius 3 is 1.03 bits per heavy atom. The first-order valence-electron chi connectivity index (χ1n) is 11.4. The number of hydrogen-bond acceptors (Lipinski definition) is 4. The Balaban J connectivity index is 2.73. The van der Waals surface area contributed by atoms with E-state index in [0.29, 0.717) is 0 Å². The summed E-state index contributed by atoms with van der Waals surface area (Å²) >= 11 is 0. The number of fused-ring (bicyclic) bond motifs is 2. The van der Waals surface area contributed by atoms with Crippen LogP contribution in [-0.4, -0.2) is 23.1 Å². The summed E-state index contributed by atoms with van der Waals surface area (Å²) < 4.78 is 0. The van der Waals surface area contributed by atoms with Crippen molar-refractivity contribution in [3.8, 4) is 0 Å². The van der Waals surface area contributed by atoms with Crippen molar-refractivity contribution in [1.29, 1.82) is 0 Å². The molecule has 0 radical (unpaired) electrons. The predicted octanol–water partition coefficient (Wildman–Crippen LogP) is 4.95. The SMILES string of the molecule is CC(C)C(=O)C1C2C=CC(C(C(=O)C(C)C)C2C(=O)C(C)(C)C)C1C(=O)C(C)(C)C. The van der Waals surface area contributed by atoms with Crippen molar-refractivity contribution in [2.75, 3.05) is 0 Å². The van der Waals surface area contributed by atoms with E-state index in [2.05, 4.69) is 0 Å². The van der Waals surface area contributed by atoms with Crippen molar-refractivity contribution in [3.63, 3.8) is 0 Å². The molecule has 0 aromatic heterocycles. The van der Waals surface area contributed by atoms with Gasteiger partial charge in [-0.1, -0.05) is 81.4 Å². The Labute approximate surface area is 182 Å². The minimum Gasteiger partial charge on any atom is -0.299 e. The second-order valence-electron chi connectivity index (χ2n) is 12.0. The van der Waals surface area contributed by atoms with Crippen LogP contribution in [0.2, 0.25) is 0 Å². The highest BCUT2D eigenvalue weighted by Gasteiger charge is 2.61. The third-order valence-corrected chi connectivity index (χ3v) is 6.87. The first-order valence-corrected chi connectivity index (χ1v) is 11.4. The zero-order chi connectivity index (χ0) is 23.3. The molecule has 0 N–H and O–H groups in total. The lowest BCUT2D eigenvalue weighted by atomic mass is 9.46. The van der Waals surface area contributed by atoms with E-state index in [9.17, 15) is 19.2 Å². The molecule has 0 heterocycles. The van der Waals surface area contributed by atoms with Gasteiger partial charge >= 0.3 is 0 Å². The summed E-state index contributed by atoms with van der Waals surface area (Å²) in [4.78, 5) is 53.9. The normalized spacial score (nSPS) is 31.3. The van der Waals surface area contributed by atoms with E-state index in [4.69, 9.17) is 0 Å². The molecule has 0 aromatic rings. The molecule has 6 atom stereocenters. The zero-order valence-electron chi connectivity index (χ0n) is 20.4. The van der Waals surface area contributed by atoms with Gasteiger partial charge in [-0.2, -0.15) is 0 Å². The predicted molar refractivity (Wildman–Crippen MR) is 119 cm³/mol. The second kappa shape index (κ2) is 8.16. The molecule has 3 aliphatic carbocycles. The number of allylic oxidation sites excluding steroid dienone is 2. The third-order valence-electron chi connectivity index (χ3n) is 6.87. The van der Waals surface area contributed by atoms with Crippen molar-refractivity contribution in [2.24, 2.45) is 58.2 Å². The minimum atomic E-state index is -0.625. The van der Waals surface area contributed by atoms with E-state index in [0.717, 1.165) is 0 Å². The fourth-order valence-electron chi connectivity index (χ4n) is 5.32. The van der Waals surface area contributed by atoms with Crippen molar-refractivity contribution in [1.82, 2.24) is 0 Å². The number of Topliss-reactive ketones (excluding diaryl/α,β-unsaturated/α-hetero) is 4. The average Bonchev–Trinajstić information content (AvgIpc) is 2.62. The molecular weight excluding hydrogens is 376 g/mol. The van der Waals surface area contributed by atoms with Crippen molar-refractivity contribution >= 4 is 23.1 Å². The van der Waals surface area contributed by atoms with Crippen LogP contribution in [0.15, 0.2) is 12.2 Å². The minimum absolute atomic E-state index is 0.0177. The van der Waals surface area contributed by atoms with Gasteiger partial charge in [0, 0.05) is 46.3 Å². The van der Waals surface area contributed by atoms with Crippen LogP contribution in [0.5, 0.6) is 0 Å². The highest BCUT2D eigenvalue weighted by Crippen LogP contribution is 2.56. The highest BCUT2D eigenvalue weighted by molar-refractivity contribution is 5.99. The molecular formula is C26H40O4. The van der Waals surface area contributed by atoms with E-state index in [1.54, 1.807) is 0 Å². The van der Waals surface area contributed by atoms with E-state index in [1.165, 1.54) is 0 Å². The molecule has 168 valence electrons. The molecule has 30 heavy (non-hydrogen) atoms. The largest absolute Gasteiger partial charge is 0.299 e. The summed E-state index contributed by atoms with van der Waals surface area (Å²) in [5, 5.41) is 0. The Morgan fingerprint density at radius 1 is 0.567 bits per heavy atom. The van der Waals surface area contributed by atoms with Gasteiger partial charge in [-0.3, -0.25) is 19.2 Å². The molecule has 3 rings (SSSR count). The van der Waals surface area contributed by atoms with Gasteiger partial charge in [-0.05, 0) is 11.8 Å². The van der Waals surface area contributed by atoms with E-state index < -0.39 is 46.3 Å². The smallest absolute Gasteiger partial charge is 0.142 e. The number of hydrogen-bond donors (Lipinski definition) is 0. The first kappa shape index (κ1) is 24.7. The maximum Gasteiger partial charge on any atom is 0.142 e. The topological polar surface area (TPSA) is 68.3 Å². The van der Waals surface area contributed by atoms with Crippen LogP contribution in [0, 0.1) is 58.2 Å². The molecule has 4 nitrogen and oxygen atoms in total. The van der Waals surface area contributed by atoms with E-state index in [-0.39, 0.29) is 35.0 Å². The van der Waals surface area contributed by atoms with Crippen molar-refractivity contribution in [3.05, 3.63) is 12.2 Å². The lowest BCUT2D eigenvalue weighted by Crippen LogP contribution is -2.60. The molecule has 0 aromatic carbocycles. The van der Waals surface area contributed by atoms with Crippen molar-refractivity contribution in [2.45, 2.75) is 69.2 Å². The van der Waals surface area contributed by atoms with Gasteiger partial charge in [0.1, 0.15) is 23.1 Å². The van der Waals surface area contributed by atoms with Crippen LogP contribution in [0.4, 0.5) is 0 Å². The molecule has 1 fully saturated rings. The average molecular weight is 417 g/mol. The second-order valence-corrected chi connectivity index (χ2v) is 12.0. The van der Waals surface area contributed by atoms with Gasteiger partial charge in [0.2, 0.25) is 0 Å². The van der Waals surface area contributed by atoms with Crippen LogP contribution >= 0.6 is 0 Å². The first-order chi connectivity index (χ1) is 13.5. The monoisotopic (exact) mass is 416 g/mol. The third kappa shape index (κ3) is 4.24. The van der Waals surface area contributed by atoms with E-state index in [1.807, 2.05) is 81.4 Å². The molecule has 3 aliphatic rings. The van der Waals surface area contributed by atoms with Crippen molar-refractivity contribution < 1.29 is 19.2 Å². The summed E-state index contributed by atoms with van der Waals surface area (Å²) in [6.45, 7) is 18.6. The summed E-state index contributed by atoms with van der Waals surface area (Å²) in [6, 6.07) is 0. The molecule has 0 spiro atoms. The van der Waals surface area contributed by atoms with Crippen LogP contribution in [-0.2, 0) is 19.2 Å². The quantitative estimate of drug-likeness (QED) is 0.575. The number of ketones is 4. The van der Waals surface area contributed by atoms with Gasteiger partial charge in [-0.15, -0.1) is 0 Å². The molecule has 6 unspecified atom stereocenters. The molecule has 0 aliphatic heterocycles. The van der Waals surface area contributed by atoms with E-state index >= 15 is 0 Å². The van der Waals surface area contributed by atoms with Gasteiger partial charge in [0.25, 0.3) is 0 Å². The summed E-state index contributed by atoms with van der Waals surface area (Å²) in [5.41, 5.74) is -1.25. The molecule has 0 saturated heterocycles. The summed E-state index contributed by atoms with van der Waals surface area (Å²) in [5.74, 6) is -3.37. The Kier molecular flexibility index (Phi) is 6.72. The molecule has 0 amide bonds. The lowest BCUT2D eigenvalue weighted by Gasteiger charge is -2.54. The highest BCUT2D eigenvalue weighted by atomic mass is 16.1. The summed E-state index contributed by atoms with van der Waals surface area (Å²) in [6.07, 6.45) is 3.92. The Hall–Kier alpha value is -1.58. The van der Waals surface area contributed by atoms with Gasteiger partial charge in [0.05, 0.1) is 0 Å².